The van der Waals surface area contributed by atoms with E-state index in [1.807, 2.05) is 30.3 Å². The smallest absolute Gasteiger partial charge is 0.273 e. The van der Waals surface area contributed by atoms with Crippen molar-refractivity contribution >= 4 is 10.9 Å². The lowest BCUT2D eigenvalue weighted by atomic mass is 10.1. The maximum absolute atomic E-state index is 12.2. The summed E-state index contributed by atoms with van der Waals surface area (Å²) in [6.07, 6.45) is 1.69. The van der Waals surface area contributed by atoms with Crippen LogP contribution in [0.2, 0.25) is 0 Å². The van der Waals surface area contributed by atoms with E-state index in [9.17, 15) is 9.59 Å². The Morgan fingerprint density at radius 2 is 1.88 bits per heavy atom. The molecule has 1 aromatic carbocycles. The molecule has 0 amide bonds. The summed E-state index contributed by atoms with van der Waals surface area (Å²) in [6, 6.07) is 14.7. The molecule has 0 bridgehead atoms. The molecule has 0 aliphatic carbocycles. The Kier molecular flexibility index (Phi) is 3.16. The van der Waals surface area contributed by atoms with Gasteiger partial charge < -0.3 is 9.55 Å². The van der Waals surface area contributed by atoms with Gasteiger partial charge in [0.25, 0.3) is 5.56 Å². The lowest BCUT2D eigenvalue weighted by Gasteiger charge is -2.04. The molecule has 4 aromatic rings. The van der Waals surface area contributed by atoms with Gasteiger partial charge in [-0.3, -0.25) is 9.59 Å². The highest BCUT2D eigenvalue weighted by molar-refractivity contribution is 5.86. The number of hydrogen-bond acceptors (Lipinski definition) is 3. The highest BCUT2D eigenvalue weighted by Gasteiger charge is 2.10. The van der Waals surface area contributed by atoms with Gasteiger partial charge in [0.05, 0.1) is 17.0 Å². The van der Waals surface area contributed by atoms with Crippen LogP contribution in [-0.4, -0.2) is 19.7 Å². The van der Waals surface area contributed by atoms with Crippen molar-refractivity contribution in [2.24, 2.45) is 7.05 Å². The van der Waals surface area contributed by atoms with Gasteiger partial charge in [0.2, 0.25) is 5.56 Å². The van der Waals surface area contributed by atoms with Crippen molar-refractivity contribution in [3.8, 4) is 22.5 Å². The van der Waals surface area contributed by atoms with Crippen LogP contribution in [0.4, 0.5) is 0 Å². The first-order chi connectivity index (χ1) is 11.6. The van der Waals surface area contributed by atoms with Crippen LogP contribution in [0.1, 0.15) is 0 Å². The van der Waals surface area contributed by atoms with E-state index >= 15 is 0 Å². The number of nitrogens with zero attached hydrogens (tertiary/aromatic N) is 2. The number of fused-ring (bicyclic) bond motifs is 1. The van der Waals surface area contributed by atoms with Crippen LogP contribution in [0.3, 0.4) is 0 Å². The molecule has 0 unspecified atom stereocenters. The van der Waals surface area contributed by atoms with Crippen LogP contribution in [0, 0.1) is 0 Å². The Labute approximate surface area is 136 Å². The number of aromatic nitrogens is 4. The Balaban J connectivity index is 1.88. The van der Waals surface area contributed by atoms with Crippen LogP contribution in [0.15, 0.2) is 64.3 Å². The molecule has 0 aliphatic rings. The molecule has 4 rings (SSSR count). The number of pyridine rings is 1. The Bertz CT molecular complexity index is 1130. The fourth-order valence-electron chi connectivity index (χ4n) is 2.72. The molecule has 0 spiro atoms. The molecule has 6 nitrogen and oxygen atoms in total. The minimum absolute atomic E-state index is 0.0981. The van der Waals surface area contributed by atoms with Crippen molar-refractivity contribution in [1.29, 1.82) is 0 Å². The summed E-state index contributed by atoms with van der Waals surface area (Å²) < 4.78 is 1.48. The second-order valence-corrected chi connectivity index (χ2v) is 5.63. The lowest BCUT2D eigenvalue weighted by Crippen LogP contribution is -2.15. The number of hydrogen-bond donors (Lipinski definition) is 2. The van der Waals surface area contributed by atoms with Gasteiger partial charge in [0.1, 0.15) is 0 Å². The van der Waals surface area contributed by atoms with Gasteiger partial charge >= 0.3 is 0 Å². The van der Waals surface area contributed by atoms with E-state index in [1.165, 1.54) is 10.6 Å². The molecule has 24 heavy (non-hydrogen) atoms. The highest BCUT2D eigenvalue weighted by atomic mass is 16.1. The van der Waals surface area contributed by atoms with Crippen molar-refractivity contribution in [2.75, 3.05) is 0 Å². The van der Waals surface area contributed by atoms with Crippen molar-refractivity contribution < 1.29 is 0 Å². The molecule has 3 aromatic heterocycles. The molecule has 0 saturated heterocycles. The topological polar surface area (TPSA) is 83.5 Å². The SMILES string of the molecule is Cn1cc(-c2cc(-c3cc4ccccc4[nH]3)c(=O)[nH]n2)ccc1=O. The predicted octanol–water partition coefficient (Wildman–Crippen LogP) is 2.28. The molecule has 2 N–H and O–H groups in total. The maximum atomic E-state index is 12.2. The summed E-state index contributed by atoms with van der Waals surface area (Å²) in [4.78, 5) is 27.0. The van der Waals surface area contributed by atoms with Crippen LogP contribution in [0.25, 0.3) is 33.4 Å². The first kappa shape index (κ1) is 14.2. The molecule has 6 heteroatoms. The van der Waals surface area contributed by atoms with Crippen molar-refractivity contribution in [3.63, 3.8) is 0 Å². The largest absolute Gasteiger partial charge is 0.354 e. The average Bonchev–Trinajstić information content (AvgIpc) is 3.01. The van der Waals surface area contributed by atoms with Crippen LogP contribution < -0.4 is 11.1 Å². The molecule has 0 atom stereocenters. The molecular weight excluding hydrogens is 304 g/mol. The normalized spacial score (nSPS) is 11.0. The summed E-state index contributed by atoms with van der Waals surface area (Å²) in [5.41, 5.74) is 3.18. The fraction of sp³-hybridized carbons (Fsp3) is 0.0556. The highest BCUT2D eigenvalue weighted by Crippen LogP contribution is 2.24. The van der Waals surface area contributed by atoms with Gasteiger partial charge in [-0.25, -0.2) is 5.10 Å². The van der Waals surface area contributed by atoms with E-state index in [0.717, 1.165) is 22.2 Å². The minimum Gasteiger partial charge on any atom is -0.354 e. The predicted molar refractivity (Wildman–Crippen MR) is 92.8 cm³/mol. The van der Waals surface area contributed by atoms with E-state index in [-0.39, 0.29) is 11.1 Å². The number of benzene rings is 1. The van der Waals surface area contributed by atoms with Gasteiger partial charge in [-0.2, -0.15) is 5.10 Å². The van der Waals surface area contributed by atoms with E-state index in [2.05, 4.69) is 15.2 Å². The van der Waals surface area contributed by atoms with E-state index in [1.54, 1.807) is 25.4 Å². The number of aromatic amines is 2. The summed E-state index contributed by atoms with van der Waals surface area (Å²) in [5.74, 6) is 0. The first-order valence-electron chi connectivity index (χ1n) is 7.47. The lowest BCUT2D eigenvalue weighted by molar-refractivity contribution is 0.859. The molecular formula is C18H14N4O2. The zero-order chi connectivity index (χ0) is 16.7. The van der Waals surface area contributed by atoms with Gasteiger partial charge in [-0.15, -0.1) is 0 Å². The van der Waals surface area contributed by atoms with Crippen molar-refractivity contribution in [3.05, 3.63) is 75.4 Å². The number of para-hydroxylation sites is 1. The Hall–Kier alpha value is -3.41. The van der Waals surface area contributed by atoms with Crippen LogP contribution in [0.5, 0.6) is 0 Å². The number of aryl methyl sites for hydroxylation is 1. The van der Waals surface area contributed by atoms with E-state index < -0.39 is 0 Å². The van der Waals surface area contributed by atoms with E-state index in [4.69, 9.17) is 0 Å². The molecule has 0 fully saturated rings. The summed E-state index contributed by atoms with van der Waals surface area (Å²) in [6.45, 7) is 0. The Morgan fingerprint density at radius 1 is 1.04 bits per heavy atom. The second-order valence-electron chi connectivity index (χ2n) is 5.63. The molecule has 0 radical (unpaired) electrons. The third kappa shape index (κ3) is 2.34. The third-order valence-corrected chi connectivity index (χ3v) is 4.01. The summed E-state index contributed by atoms with van der Waals surface area (Å²) in [7, 11) is 1.68. The third-order valence-electron chi connectivity index (χ3n) is 4.01. The van der Waals surface area contributed by atoms with Crippen molar-refractivity contribution in [1.82, 2.24) is 19.7 Å². The second kappa shape index (κ2) is 5.34. The fourth-order valence-corrected chi connectivity index (χ4v) is 2.72. The maximum Gasteiger partial charge on any atom is 0.273 e. The molecule has 0 aliphatic heterocycles. The minimum atomic E-state index is -0.268. The average molecular weight is 318 g/mol. The van der Waals surface area contributed by atoms with Gasteiger partial charge in [-0.1, -0.05) is 18.2 Å². The zero-order valence-electron chi connectivity index (χ0n) is 12.9. The van der Waals surface area contributed by atoms with Gasteiger partial charge in [-0.05, 0) is 24.3 Å². The molecule has 3 heterocycles. The monoisotopic (exact) mass is 318 g/mol. The first-order valence-corrected chi connectivity index (χ1v) is 7.47. The Morgan fingerprint density at radius 3 is 2.67 bits per heavy atom. The number of rotatable bonds is 2. The molecule has 0 saturated carbocycles. The summed E-state index contributed by atoms with van der Waals surface area (Å²) in [5, 5.41) is 7.66. The number of nitrogens with one attached hydrogen (secondary N) is 2. The van der Waals surface area contributed by atoms with Gasteiger partial charge in [0.15, 0.2) is 0 Å². The molecule has 118 valence electrons. The van der Waals surface area contributed by atoms with Crippen LogP contribution >= 0.6 is 0 Å². The zero-order valence-corrected chi connectivity index (χ0v) is 12.9. The summed E-state index contributed by atoms with van der Waals surface area (Å²) >= 11 is 0. The van der Waals surface area contributed by atoms with Gasteiger partial charge in [0, 0.05) is 35.8 Å². The van der Waals surface area contributed by atoms with E-state index in [0.29, 0.717) is 11.3 Å². The quantitative estimate of drug-likeness (QED) is 0.595. The van der Waals surface area contributed by atoms with Crippen molar-refractivity contribution in [2.45, 2.75) is 0 Å². The standard InChI is InChI=1S/C18H14N4O2/c1-22-10-12(6-7-17(22)23)15-9-13(18(24)21-20-15)16-8-11-4-2-3-5-14(11)19-16/h2-10,19H,1H3,(H,21,24). The number of H-pyrrole nitrogens is 2. The van der Waals surface area contributed by atoms with Crippen LogP contribution in [-0.2, 0) is 7.05 Å².